The van der Waals surface area contributed by atoms with Crippen LogP contribution in [0.2, 0.25) is 5.02 Å². The van der Waals surface area contributed by atoms with Gasteiger partial charge in [-0.15, -0.1) is 0 Å². The summed E-state index contributed by atoms with van der Waals surface area (Å²) in [7, 11) is 0. The van der Waals surface area contributed by atoms with Crippen LogP contribution in [0.25, 0.3) is 0 Å². The summed E-state index contributed by atoms with van der Waals surface area (Å²) in [6, 6.07) is 7.54. The first-order chi connectivity index (χ1) is 8.06. The molecule has 2 rings (SSSR count). The van der Waals surface area contributed by atoms with Gasteiger partial charge in [-0.1, -0.05) is 29.8 Å². The molecule has 4 nitrogen and oxygen atoms in total. The molecule has 1 heterocycles. The van der Waals surface area contributed by atoms with E-state index in [1.54, 1.807) is 10.9 Å². The normalized spacial score (nSPS) is 10.5. The number of nitrogens with one attached hydrogen (secondary N) is 1. The SMILES string of the molecule is Cc1nn(Cc2cccc(C(=N)N)c2)cc1Cl. The maximum atomic E-state index is 7.38. The zero-order valence-electron chi connectivity index (χ0n) is 9.44. The largest absolute Gasteiger partial charge is 0.384 e. The number of amidine groups is 1. The van der Waals surface area contributed by atoms with E-state index in [9.17, 15) is 0 Å². The quantitative estimate of drug-likeness (QED) is 0.646. The van der Waals surface area contributed by atoms with Gasteiger partial charge < -0.3 is 5.73 Å². The molecular weight excluding hydrogens is 236 g/mol. The lowest BCUT2D eigenvalue weighted by molar-refractivity contribution is 0.679. The van der Waals surface area contributed by atoms with E-state index in [-0.39, 0.29) is 5.84 Å². The number of rotatable bonds is 3. The van der Waals surface area contributed by atoms with E-state index in [4.69, 9.17) is 22.7 Å². The van der Waals surface area contributed by atoms with Gasteiger partial charge in [-0.3, -0.25) is 10.1 Å². The molecule has 1 aromatic carbocycles. The molecule has 0 amide bonds. The molecule has 0 aliphatic heterocycles. The fourth-order valence-electron chi connectivity index (χ4n) is 1.60. The minimum absolute atomic E-state index is 0.0709. The molecule has 17 heavy (non-hydrogen) atoms. The number of hydrogen-bond donors (Lipinski definition) is 2. The van der Waals surface area contributed by atoms with Crippen molar-refractivity contribution in [2.75, 3.05) is 0 Å². The van der Waals surface area contributed by atoms with Crippen LogP contribution in [-0.2, 0) is 6.54 Å². The molecule has 0 spiro atoms. The molecule has 88 valence electrons. The summed E-state index contributed by atoms with van der Waals surface area (Å²) >= 11 is 5.94. The smallest absolute Gasteiger partial charge is 0.122 e. The zero-order valence-corrected chi connectivity index (χ0v) is 10.2. The minimum atomic E-state index is 0.0709. The van der Waals surface area contributed by atoms with E-state index in [0.29, 0.717) is 11.6 Å². The van der Waals surface area contributed by atoms with Gasteiger partial charge in [-0.2, -0.15) is 5.10 Å². The Morgan fingerprint density at radius 1 is 1.53 bits per heavy atom. The van der Waals surface area contributed by atoms with E-state index in [1.165, 1.54) is 0 Å². The van der Waals surface area contributed by atoms with Gasteiger partial charge in [0.1, 0.15) is 5.84 Å². The van der Waals surface area contributed by atoms with Gasteiger partial charge in [0, 0.05) is 11.8 Å². The monoisotopic (exact) mass is 248 g/mol. The Labute approximate surface area is 105 Å². The molecule has 3 N–H and O–H groups in total. The molecule has 2 aromatic rings. The highest BCUT2D eigenvalue weighted by atomic mass is 35.5. The van der Waals surface area contributed by atoms with Gasteiger partial charge in [0.05, 0.1) is 17.3 Å². The first-order valence-corrected chi connectivity index (χ1v) is 5.57. The van der Waals surface area contributed by atoms with E-state index < -0.39 is 0 Å². The van der Waals surface area contributed by atoms with Gasteiger partial charge in [-0.25, -0.2) is 0 Å². The number of aryl methyl sites for hydroxylation is 1. The summed E-state index contributed by atoms with van der Waals surface area (Å²) in [4.78, 5) is 0. The van der Waals surface area contributed by atoms with E-state index in [1.807, 2.05) is 31.2 Å². The Kier molecular flexibility index (Phi) is 3.15. The predicted molar refractivity (Wildman–Crippen MR) is 68.5 cm³/mol. The summed E-state index contributed by atoms with van der Waals surface area (Å²) in [6.07, 6.45) is 1.79. The summed E-state index contributed by atoms with van der Waals surface area (Å²) in [5.74, 6) is 0.0709. The molecule has 0 aliphatic carbocycles. The lowest BCUT2D eigenvalue weighted by Crippen LogP contribution is -2.11. The van der Waals surface area contributed by atoms with Crippen molar-refractivity contribution in [1.29, 1.82) is 5.41 Å². The predicted octanol–water partition coefficient (Wildman–Crippen LogP) is 2.18. The molecule has 1 aromatic heterocycles. The van der Waals surface area contributed by atoms with Crippen molar-refractivity contribution in [3.05, 3.63) is 52.3 Å². The highest BCUT2D eigenvalue weighted by Crippen LogP contribution is 2.14. The third kappa shape index (κ3) is 2.65. The number of aromatic nitrogens is 2. The third-order valence-corrected chi connectivity index (χ3v) is 2.84. The van der Waals surface area contributed by atoms with E-state index >= 15 is 0 Å². The third-order valence-electron chi connectivity index (χ3n) is 2.47. The fourth-order valence-corrected chi connectivity index (χ4v) is 1.75. The number of nitrogen functional groups attached to an aromatic ring is 1. The van der Waals surface area contributed by atoms with Crippen LogP contribution in [0, 0.1) is 12.3 Å². The average Bonchev–Trinajstić information content (AvgIpc) is 2.58. The van der Waals surface area contributed by atoms with Crippen molar-refractivity contribution in [2.24, 2.45) is 5.73 Å². The van der Waals surface area contributed by atoms with Crippen LogP contribution in [0.1, 0.15) is 16.8 Å². The summed E-state index contributed by atoms with van der Waals surface area (Å²) in [5.41, 5.74) is 8.02. The second-order valence-electron chi connectivity index (χ2n) is 3.87. The molecular formula is C12H13ClN4. The second-order valence-corrected chi connectivity index (χ2v) is 4.28. The lowest BCUT2D eigenvalue weighted by Gasteiger charge is -2.04. The van der Waals surface area contributed by atoms with Crippen LogP contribution >= 0.6 is 11.6 Å². The molecule has 0 aliphatic rings. The van der Waals surface area contributed by atoms with Crippen molar-refractivity contribution in [2.45, 2.75) is 13.5 Å². The average molecular weight is 249 g/mol. The molecule has 0 unspecified atom stereocenters. The number of hydrogen-bond acceptors (Lipinski definition) is 2. The van der Waals surface area contributed by atoms with Gasteiger partial charge in [0.25, 0.3) is 0 Å². The molecule has 0 fully saturated rings. The van der Waals surface area contributed by atoms with Gasteiger partial charge in [-0.05, 0) is 18.6 Å². The van der Waals surface area contributed by atoms with Gasteiger partial charge >= 0.3 is 0 Å². The van der Waals surface area contributed by atoms with Crippen molar-refractivity contribution >= 4 is 17.4 Å². The van der Waals surface area contributed by atoms with Gasteiger partial charge in [0.2, 0.25) is 0 Å². The van der Waals surface area contributed by atoms with E-state index in [2.05, 4.69) is 5.10 Å². The number of nitrogens with two attached hydrogens (primary N) is 1. The van der Waals surface area contributed by atoms with Crippen molar-refractivity contribution in [1.82, 2.24) is 9.78 Å². The van der Waals surface area contributed by atoms with Gasteiger partial charge in [0.15, 0.2) is 0 Å². The Hall–Kier alpha value is -1.81. The lowest BCUT2D eigenvalue weighted by atomic mass is 10.1. The van der Waals surface area contributed by atoms with Crippen LogP contribution in [0.5, 0.6) is 0 Å². The maximum absolute atomic E-state index is 7.38. The van der Waals surface area contributed by atoms with Crippen LogP contribution in [0.15, 0.2) is 30.5 Å². The number of benzene rings is 1. The van der Waals surface area contributed by atoms with Crippen molar-refractivity contribution in [3.63, 3.8) is 0 Å². The second kappa shape index (κ2) is 4.59. The Morgan fingerprint density at radius 2 is 2.29 bits per heavy atom. The minimum Gasteiger partial charge on any atom is -0.384 e. The Bertz CT molecular complexity index is 540. The summed E-state index contributed by atoms with van der Waals surface area (Å²) in [6.45, 7) is 2.49. The van der Waals surface area contributed by atoms with Crippen LogP contribution in [0.4, 0.5) is 0 Å². The van der Waals surface area contributed by atoms with Crippen molar-refractivity contribution < 1.29 is 0 Å². The highest BCUT2D eigenvalue weighted by Gasteiger charge is 2.03. The first kappa shape index (κ1) is 11.7. The molecule has 0 bridgehead atoms. The highest BCUT2D eigenvalue weighted by molar-refractivity contribution is 6.31. The Morgan fingerprint density at radius 3 is 2.88 bits per heavy atom. The van der Waals surface area contributed by atoms with E-state index in [0.717, 1.165) is 16.8 Å². The number of nitrogens with zero attached hydrogens (tertiary/aromatic N) is 2. The zero-order chi connectivity index (χ0) is 12.4. The number of halogens is 1. The summed E-state index contributed by atoms with van der Waals surface area (Å²) in [5, 5.41) is 12.3. The maximum Gasteiger partial charge on any atom is 0.122 e. The molecule has 0 atom stereocenters. The van der Waals surface area contributed by atoms with Crippen molar-refractivity contribution in [3.8, 4) is 0 Å². The molecule has 0 radical (unpaired) electrons. The summed E-state index contributed by atoms with van der Waals surface area (Å²) < 4.78 is 1.77. The van der Waals surface area contributed by atoms with Crippen LogP contribution in [-0.4, -0.2) is 15.6 Å². The first-order valence-electron chi connectivity index (χ1n) is 5.19. The Balaban J connectivity index is 2.24. The van der Waals surface area contributed by atoms with Crippen LogP contribution in [0.3, 0.4) is 0 Å². The molecule has 5 heteroatoms. The molecule has 0 saturated carbocycles. The van der Waals surface area contributed by atoms with Crippen LogP contribution < -0.4 is 5.73 Å². The fraction of sp³-hybridized carbons (Fsp3) is 0.167. The molecule has 0 saturated heterocycles. The standard InChI is InChI=1S/C12H13ClN4/c1-8-11(13)7-17(16-8)6-9-3-2-4-10(5-9)12(14)15/h2-5,7H,6H2,1H3,(H3,14,15). The topological polar surface area (TPSA) is 67.7 Å².